The van der Waals surface area contributed by atoms with Gasteiger partial charge in [0.05, 0.1) is 17.6 Å². The van der Waals surface area contributed by atoms with Crippen LogP contribution in [0, 0.1) is 17.0 Å². The van der Waals surface area contributed by atoms with Gasteiger partial charge in [-0.3, -0.25) is 10.1 Å². The zero-order chi connectivity index (χ0) is 15.3. The number of nitrogens with zero attached hydrogens (tertiary/aromatic N) is 1. The molecule has 0 aliphatic carbocycles. The summed E-state index contributed by atoms with van der Waals surface area (Å²) < 4.78 is 9.52. The molecule has 20 heavy (non-hydrogen) atoms. The molecule has 0 aliphatic heterocycles. The summed E-state index contributed by atoms with van der Waals surface area (Å²) in [5, 5.41) is 10.7. The normalized spacial score (nSPS) is 11.6. The molecule has 0 N–H and O–H groups in total. The highest BCUT2D eigenvalue weighted by Crippen LogP contribution is 2.19. The maximum atomic E-state index is 11.9. The molecule has 1 aromatic rings. The van der Waals surface area contributed by atoms with E-state index < -0.39 is 23.0 Å². The van der Waals surface area contributed by atoms with Gasteiger partial charge in [-0.2, -0.15) is 0 Å². The largest absolute Gasteiger partial charge is 0.466 e. The van der Waals surface area contributed by atoms with E-state index >= 15 is 0 Å². The van der Waals surface area contributed by atoms with Crippen molar-refractivity contribution in [1.82, 2.24) is 0 Å². The van der Waals surface area contributed by atoms with Gasteiger partial charge in [0.25, 0.3) is 5.69 Å². The van der Waals surface area contributed by atoms with E-state index in [1.807, 2.05) is 0 Å². The molecule has 7 nitrogen and oxygen atoms in total. The molecule has 1 rings (SSSR count). The summed E-state index contributed by atoms with van der Waals surface area (Å²) in [6.45, 7) is 3.20. The molecule has 1 unspecified atom stereocenters. The first-order chi connectivity index (χ1) is 9.40. The Labute approximate surface area is 115 Å². The predicted octanol–water partition coefficient (Wildman–Crippen LogP) is 2.01. The third-order valence-corrected chi connectivity index (χ3v) is 2.71. The van der Waals surface area contributed by atoms with Crippen LogP contribution in [0.3, 0.4) is 0 Å². The van der Waals surface area contributed by atoms with E-state index in [0.717, 1.165) is 0 Å². The van der Waals surface area contributed by atoms with E-state index in [1.165, 1.54) is 32.2 Å². The zero-order valence-electron chi connectivity index (χ0n) is 11.4. The molecular weight excluding hydrogens is 266 g/mol. The van der Waals surface area contributed by atoms with Crippen molar-refractivity contribution in [3.8, 4) is 0 Å². The Morgan fingerprint density at radius 3 is 2.50 bits per heavy atom. The first-order valence-electron chi connectivity index (χ1n) is 5.94. The number of hydrogen-bond acceptors (Lipinski definition) is 6. The van der Waals surface area contributed by atoms with Crippen molar-refractivity contribution >= 4 is 17.6 Å². The van der Waals surface area contributed by atoms with Gasteiger partial charge < -0.3 is 9.47 Å². The minimum Gasteiger partial charge on any atom is -0.466 e. The second kappa shape index (κ2) is 6.65. The standard InChI is InChI=1S/C13H15NO6/c1-4-11(13(16)19-3)20-12(15)9-5-6-10(14(17)18)8(2)7-9/h5-7,11H,4H2,1-3H3. The number of hydrogen-bond donors (Lipinski definition) is 0. The van der Waals surface area contributed by atoms with E-state index in [2.05, 4.69) is 4.74 Å². The smallest absolute Gasteiger partial charge is 0.347 e. The minimum atomic E-state index is -0.983. The van der Waals surface area contributed by atoms with Gasteiger partial charge in [0.2, 0.25) is 0 Å². The summed E-state index contributed by atoms with van der Waals surface area (Å²) in [4.78, 5) is 33.3. The second-order valence-electron chi connectivity index (χ2n) is 4.08. The van der Waals surface area contributed by atoms with Gasteiger partial charge in [-0.1, -0.05) is 6.92 Å². The lowest BCUT2D eigenvalue weighted by Gasteiger charge is -2.13. The first-order valence-corrected chi connectivity index (χ1v) is 5.94. The Morgan fingerprint density at radius 1 is 1.40 bits per heavy atom. The van der Waals surface area contributed by atoms with Crippen LogP contribution in [0.15, 0.2) is 18.2 Å². The molecule has 108 valence electrons. The number of esters is 2. The van der Waals surface area contributed by atoms with Crippen LogP contribution in [0.4, 0.5) is 5.69 Å². The van der Waals surface area contributed by atoms with Crippen molar-refractivity contribution in [2.75, 3.05) is 7.11 Å². The fourth-order valence-corrected chi connectivity index (χ4v) is 1.61. The Kier molecular flexibility index (Phi) is 5.19. The molecule has 0 radical (unpaired) electrons. The molecule has 0 bridgehead atoms. The highest BCUT2D eigenvalue weighted by Gasteiger charge is 2.23. The van der Waals surface area contributed by atoms with Gasteiger partial charge in [-0.25, -0.2) is 9.59 Å². The molecule has 0 amide bonds. The molecule has 0 saturated heterocycles. The molecule has 0 saturated carbocycles. The van der Waals surface area contributed by atoms with E-state index in [1.54, 1.807) is 6.92 Å². The molecule has 0 aliphatic rings. The van der Waals surface area contributed by atoms with Crippen LogP contribution in [0.5, 0.6) is 0 Å². The fraction of sp³-hybridized carbons (Fsp3) is 0.385. The Morgan fingerprint density at radius 2 is 2.05 bits per heavy atom. The van der Waals surface area contributed by atoms with E-state index in [4.69, 9.17) is 4.74 Å². The van der Waals surface area contributed by atoms with E-state index in [9.17, 15) is 19.7 Å². The minimum absolute atomic E-state index is 0.0819. The molecule has 1 aromatic carbocycles. The average Bonchev–Trinajstić information content (AvgIpc) is 2.42. The first kappa shape index (κ1) is 15.6. The molecule has 0 spiro atoms. The number of ether oxygens (including phenoxy) is 2. The molecule has 0 heterocycles. The number of carbonyl (C=O) groups excluding carboxylic acids is 2. The number of methoxy groups -OCH3 is 1. The van der Waals surface area contributed by atoms with Crippen LogP contribution in [-0.2, 0) is 14.3 Å². The maximum Gasteiger partial charge on any atom is 0.347 e. The zero-order valence-corrected chi connectivity index (χ0v) is 11.4. The third kappa shape index (κ3) is 3.53. The fourth-order valence-electron chi connectivity index (χ4n) is 1.61. The SMILES string of the molecule is CCC(OC(=O)c1ccc([N+](=O)[O-])c(C)c1)C(=O)OC. The Bertz CT molecular complexity index is 540. The van der Waals surface area contributed by atoms with E-state index in [-0.39, 0.29) is 17.7 Å². The van der Waals surface area contributed by atoms with Crippen molar-refractivity contribution in [2.45, 2.75) is 26.4 Å². The van der Waals surface area contributed by atoms with Crippen LogP contribution in [0.2, 0.25) is 0 Å². The Hall–Kier alpha value is -2.44. The number of carbonyl (C=O) groups is 2. The maximum absolute atomic E-state index is 11.9. The van der Waals surface area contributed by atoms with Gasteiger partial charge >= 0.3 is 11.9 Å². The van der Waals surface area contributed by atoms with Gasteiger partial charge in [-0.15, -0.1) is 0 Å². The lowest BCUT2D eigenvalue weighted by atomic mass is 10.1. The quantitative estimate of drug-likeness (QED) is 0.465. The summed E-state index contributed by atoms with van der Waals surface area (Å²) in [5.74, 6) is -1.36. The summed E-state index contributed by atoms with van der Waals surface area (Å²) in [5.41, 5.74) is 0.410. The third-order valence-electron chi connectivity index (χ3n) is 2.71. The number of nitro groups is 1. The highest BCUT2D eigenvalue weighted by atomic mass is 16.6. The number of aryl methyl sites for hydroxylation is 1. The van der Waals surface area contributed by atoms with Crippen LogP contribution in [0.25, 0.3) is 0 Å². The number of nitro benzene ring substituents is 1. The monoisotopic (exact) mass is 281 g/mol. The van der Waals surface area contributed by atoms with Gasteiger partial charge in [0, 0.05) is 11.6 Å². The van der Waals surface area contributed by atoms with E-state index in [0.29, 0.717) is 5.56 Å². The highest BCUT2D eigenvalue weighted by molar-refractivity contribution is 5.92. The second-order valence-corrected chi connectivity index (χ2v) is 4.08. The van der Waals surface area contributed by atoms with Crippen molar-refractivity contribution in [2.24, 2.45) is 0 Å². The topological polar surface area (TPSA) is 95.7 Å². The Balaban J connectivity index is 2.90. The van der Waals surface area contributed by atoms with Crippen molar-refractivity contribution in [1.29, 1.82) is 0 Å². The van der Waals surface area contributed by atoms with Crippen molar-refractivity contribution in [3.63, 3.8) is 0 Å². The predicted molar refractivity (Wildman–Crippen MR) is 69.3 cm³/mol. The molecule has 7 heteroatoms. The average molecular weight is 281 g/mol. The van der Waals surface area contributed by atoms with Crippen LogP contribution < -0.4 is 0 Å². The summed E-state index contributed by atoms with van der Waals surface area (Å²) >= 11 is 0. The lowest BCUT2D eigenvalue weighted by molar-refractivity contribution is -0.385. The summed E-state index contributed by atoms with van der Waals surface area (Å²) in [6, 6.07) is 3.87. The van der Waals surface area contributed by atoms with Crippen molar-refractivity contribution < 1.29 is 24.0 Å². The van der Waals surface area contributed by atoms with Crippen LogP contribution >= 0.6 is 0 Å². The summed E-state index contributed by atoms with van der Waals surface area (Å²) in [6.07, 6.45) is -0.701. The van der Waals surface area contributed by atoms with Crippen molar-refractivity contribution in [3.05, 3.63) is 39.4 Å². The van der Waals surface area contributed by atoms with Gasteiger partial charge in [0.15, 0.2) is 6.10 Å². The van der Waals surface area contributed by atoms with Crippen LogP contribution in [-0.4, -0.2) is 30.1 Å². The molecule has 1 atom stereocenters. The number of benzene rings is 1. The van der Waals surface area contributed by atoms with Gasteiger partial charge in [-0.05, 0) is 25.5 Å². The number of rotatable bonds is 5. The summed E-state index contributed by atoms with van der Waals surface area (Å²) in [7, 11) is 1.20. The lowest BCUT2D eigenvalue weighted by Crippen LogP contribution is -2.27. The van der Waals surface area contributed by atoms with Crippen LogP contribution in [0.1, 0.15) is 29.3 Å². The molecule has 0 fully saturated rings. The van der Waals surface area contributed by atoms with Gasteiger partial charge in [0.1, 0.15) is 0 Å². The molecular formula is C13H15NO6. The molecule has 0 aromatic heterocycles.